The van der Waals surface area contributed by atoms with Crippen LogP contribution in [0.2, 0.25) is 0 Å². The van der Waals surface area contributed by atoms with E-state index in [0.29, 0.717) is 13.0 Å². The van der Waals surface area contributed by atoms with Crippen LogP contribution < -0.4 is 4.74 Å². The molecule has 3 nitrogen and oxygen atoms in total. The number of rotatable bonds is 5. The molecule has 0 bridgehead atoms. The van der Waals surface area contributed by atoms with E-state index in [0.717, 1.165) is 9.32 Å². The quantitative estimate of drug-likeness (QED) is 0.842. The smallest absolute Gasteiger partial charge is 0.309 e. The Morgan fingerprint density at radius 3 is 2.75 bits per heavy atom. The first-order chi connectivity index (χ1) is 7.42. The summed E-state index contributed by atoms with van der Waals surface area (Å²) in [6.07, 6.45) is 0.494. The van der Waals surface area contributed by atoms with Crippen LogP contribution in [-0.2, 0) is 4.79 Å². The van der Waals surface area contributed by atoms with Gasteiger partial charge in [-0.2, -0.15) is 0 Å². The minimum atomic E-state index is -0.793. The van der Waals surface area contributed by atoms with Crippen LogP contribution in [0.1, 0.15) is 20.3 Å². The zero-order valence-electron chi connectivity index (χ0n) is 9.37. The standard InChI is InChI=1S/C12H15IO3/c1-12(2,11(14)15)6-7-16-10-5-3-4-9(13)8-10/h3-5,8H,6-7H2,1-2H3,(H,14,15). The molecule has 88 valence electrons. The molecule has 0 spiro atoms. The first-order valence-corrected chi connectivity index (χ1v) is 6.11. The van der Waals surface area contributed by atoms with Gasteiger partial charge in [0.15, 0.2) is 0 Å². The summed E-state index contributed by atoms with van der Waals surface area (Å²) in [5.74, 6) is -0.00756. The highest BCUT2D eigenvalue weighted by molar-refractivity contribution is 14.1. The molecule has 4 heteroatoms. The van der Waals surface area contributed by atoms with Crippen molar-refractivity contribution in [2.24, 2.45) is 5.41 Å². The fraction of sp³-hybridized carbons (Fsp3) is 0.417. The number of carboxylic acids is 1. The summed E-state index contributed by atoms with van der Waals surface area (Å²) in [6.45, 7) is 3.82. The number of hydrogen-bond donors (Lipinski definition) is 1. The third-order valence-electron chi connectivity index (χ3n) is 2.37. The zero-order valence-corrected chi connectivity index (χ0v) is 11.5. The molecule has 1 aromatic rings. The van der Waals surface area contributed by atoms with Gasteiger partial charge >= 0.3 is 5.97 Å². The van der Waals surface area contributed by atoms with E-state index < -0.39 is 11.4 Å². The van der Waals surface area contributed by atoms with Crippen molar-refractivity contribution in [3.8, 4) is 5.75 Å². The average Bonchev–Trinajstić information content (AvgIpc) is 2.17. The van der Waals surface area contributed by atoms with Gasteiger partial charge in [0, 0.05) is 3.57 Å². The molecule has 1 aromatic carbocycles. The topological polar surface area (TPSA) is 46.5 Å². The van der Waals surface area contributed by atoms with Crippen LogP contribution in [0, 0.1) is 8.99 Å². The molecular formula is C12H15IO3. The predicted octanol–water partition coefficient (Wildman–Crippen LogP) is 3.17. The average molecular weight is 334 g/mol. The Balaban J connectivity index is 2.45. The maximum absolute atomic E-state index is 10.9. The van der Waals surface area contributed by atoms with Crippen molar-refractivity contribution in [3.63, 3.8) is 0 Å². The first kappa shape index (κ1) is 13.3. The van der Waals surface area contributed by atoms with Gasteiger partial charge in [0.25, 0.3) is 0 Å². The van der Waals surface area contributed by atoms with E-state index in [-0.39, 0.29) is 0 Å². The molecule has 0 saturated carbocycles. The van der Waals surface area contributed by atoms with Gasteiger partial charge in [-0.3, -0.25) is 4.79 Å². The lowest BCUT2D eigenvalue weighted by molar-refractivity contribution is -0.147. The summed E-state index contributed by atoms with van der Waals surface area (Å²) in [7, 11) is 0. The Morgan fingerprint density at radius 2 is 2.19 bits per heavy atom. The predicted molar refractivity (Wildman–Crippen MR) is 70.7 cm³/mol. The Kier molecular flexibility index (Phi) is 4.58. The van der Waals surface area contributed by atoms with E-state index in [1.165, 1.54) is 0 Å². The molecule has 0 atom stereocenters. The van der Waals surface area contributed by atoms with Crippen LogP contribution >= 0.6 is 22.6 Å². The second kappa shape index (κ2) is 5.52. The van der Waals surface area contributed by atoms with Crippen molar-refractivity contribution in [2.75, 3.05) is 6.61 Å². The SMILES string of the molecule is CC(C)(CCOc1cccc(I)c1)C(=O)O. The number of aliphatic carboxylic acids is 1. The molecule has 1 rings (SSSR count). The van der Waals surface area contributed by atoms with E-state index >= 15 is 0 Å². The Labute approximate surface area is 109 Å². The van der Waals surface area contributed by atoms with E-state index in [2.05, 4.69) is 22.6 Å². The van der Waals surface area contributed by atoms with Crippen LogP contribution in [0.3, 0.4) is 0 Å². The molecule has 0 aliphatic heterocycles. The van der Waals surface area contributed by atoms with Crippen molar-refractivity contribution < 1.29 is 14.6 Å². The third kappa shape index (κ3) is 4.00. The molecular weight excluding hydrogens is 319 g/mol. The molecule has 0 heterocycles. The Hall–Kier alpha value is -0.780. The van der Waals surface area contributed by atoms with Gasteiger partial charge in [-0.25, -0.2) is 0 Å². The van der Waals surface area contributed by atoms with Crippen LogP contribution in [0.4, 0.5) is 0 Å². The number of carboxylic acid groups (broad SMARTS) is 1. The highest BCUT2D eigenvalue weighted by Crippen LogP contribution is 2.21. The van der Waals surface area contributed by atoms with Crippen LogP contribution in [0.5, 0.6) is 5.75 Å². The number of halogens is 1. The fourth-order valence-electron chi connectivity index (χ4n) is 1.09. The van der Waals surface area contributed by atoms with Crippen molar-refractivity contribution >= 4 is 28.6 Å². The molecule has 0 aliphatic carbocycles. The summed E-state index contributed by atoms with van der Waals surface area (Å²) in [4.78, 5) is 10.9. The summed E-state index contributed by atoms with van der Waals surface area (Å²) >= 11 is 2.21. The molecule has 1 N–H and O–H groups in total. The minimum Gasteiger partial charge on any atom is -0.494 e. The Bertz CT molecular complexity index is 374. The molecule has 0 fully saturated rings. The normalized spacial score (nSPS) is 11.2. The maximum Gasteiger partial charge on any atom is 0.309 e. The van der Waals surface area contributed by atoms with E-state index in [1.807, 2.05) is 24.3 Å². The molecule has 16 heavy (non-hydrogen) atoms. The number of benzene rings is 1. The lowest BCUT2D eigenvalue weighted by atomic mass is 9.90. The first-order valence-electron chi connectivity index (χ1n) is 5.03. The summed E-state index contributed by atoms with van der Waals surface area (Å²) < 4.78 is 6.61. The summed E-state index contributed by atoms with van der Waals surface area (Å²) in [5, 5.41) is 8.93. The van der Waals surface area contributed by atoms with Crippen LogP contribution in [0.25, 0.3) is 0 Å². The monoisotopic (exact) mass is 334 g/mol. The zero-order chi connectivity index (χ0) is 12.2. The highest BCUT2D eigenvalue weighted by Gasteiger charge is 2.26. The number of ether oxygens (including phenoxy) is 1. The minimum absolute atomic E-state index is 0.416. The number of hydrogen-bond acceptors (Lipinski definition) is 2. The summed E-state index contributed by atoms with van der Waals surface area (Å²) in [5.41, 5.74) is -0.734. The van der Waals surface area contributed by atoms with Gasteiger partial charge in [0.2, 0.25) is 0 Å². The molecule has 0 unspecified atom stereocenters. The van der Waals surface area contributed by atoms with E-state index in [9.17, 15) is 4.79 Å². The fourth-order valence-corrected chi connectivity index (χ4v) is 1.60. The Morgan fingerprint density at radius 1 is 1.50 bits per heavy atom. The van der Waals surface area contributed by atoms with Gasteiger partial charge in [-0.05, 0) is 61.1 Å². The lowest BCUT2D eigenvalue weighted by Crippen LogP contribution is -2.25. The second-order valence-corrected chi connectivity index (χ2v) is 5.49. The second-order valence-electron chi connectivity index (χ2n) is 4.24. The van der Waals surface area contributed by atoms with Gasteiger partial charge in [0.1, 0.15) is 5.75 Å². The van der Waals surface area contributed by atoms with Crippen LogP contribution in [-0.4, -0.2) is 17.7 Å². The molecule has 0 radical (unpaired) electrons. The molecule has 0 aliphatic rings. The lowest BCUT2D eigenvalue weighted by Gasteiger charge is -2.18. The molecule has 0 saturated heterocycles. The van der Waals surface area contributed by atoms with E-state index in [1.54, 1.807) is 13.8 Å². The van der Waals surface area contributed by atoms with Gasteiger partial charge in [-0.1, -0.05) is 6.07 Å². The van der Waals surface area contributed by atoms with E-state index in [4.69, 9.17) is 9.84 Å². The highest BCUT2D eigenvalue weighted by atomic mass is 127. The van der Waals surface area contributed by atoms with Gasteiger partial charge in [-0.15, -0.1) is 0 Å². The van der Waals surface area contributed by atoms with Gasteiger partial charge < -0.3 is 9.84 Å². The van der Waals surface area contributed by atoms with Crippen molar-refractivity contribution in [2.45, 2.75) is 20.3 Å². The van der Waals surface area contributed by atoms with Gasteiger partial charge in [0.05, 0.1) is 12.0 Å². The molecule has 0 amide bonds. The maximum atomic E-state index is 10.9. The summed E-state index contributed by atoms with van der Waals surface area (Å²) in [6, 6.07) is 7.69. The van der Waals surface area contributed by atoms with Crippen LogP contribution in [0.15, 0.2) is 24.3 Å². The molecule has 0 aromatic heterocycles. The van der Waals surface area contributed by atoms with Crippen molar-refractivity contribution in [3.05, 3.63) is 27.8 Å². The van der Waals surface area contributed by atoms with Crippen molar-refractivity contribution in [1.82, 2.24) is 0 Å². The number of carbonyl (C=O) groups is 1. The third-order valence-corrected chi connectivity index (χ3v) is 3.04. The largest absolute Gasteiger partial charge is 0.494 e. The van der Waals surface area contributed by atoms with Crippen molar-refractivity contribution in [1.29, 1.82) is 0 Å².